The molecule has 0 fully saturated rings. The number of halogens is 3. The van der Waals surface area contributed by atoms with Gasteiger partial charge in [-0.3, -0.25) is 0 Å². The van der Waals surface area contributed by atoms with Crippen LogP contribution in [0.2, 0.25) is 0 Å². The summed E-state index contributed by atoms with van der Waals surface area (Å²) >= 11 is 0. The lowest BCUT2D eigenvalue weighted by Crippen LogP contribution is -2.01. The number of ether oxygens (including phenoxy) is 1. The number of benzene rings is 2. The van der Waals surface area contributed by atoms with E-state index >= 15 is 0 Å². The topological polar surface area (TPSA) is 33.0 Å². The molecular formula is C14H8F3NO. The molecule has 19 heavy (non-hydrogen) atoms. The van der Waals surface area contributed by atoms with Gasteiger partial charge in [0.25, 0.3) is 0 Å². The van der Waals surface area contributed by atoms with E-state index in [4.69, 9.17) is 10.00 Å². The molecule has 5 heteroatoms. The van der Waals surface area contributed by atoms with E-state index in [0.29, 0.717) is 6.07 Å². The van der Waals surface area contributed by atoms with E-state index < -0.39 is 17.5 Å². The van der Waals surface area contributed by atoms with Crippen LogP contribution in [0.3, 0.4) is 0 Å². The van der Waals surface area contributed by atoms with Crippen molar-refractivity contribution >= 4 is 0 Å². The summed E-state index contributed by atoms with van der Waals surface area (Å²) in [5.74, 6) is -2.32. The van der Waals surface area contributed by atoms with Crippen LogP contribution in [0, 0.1) is 28.8 Å². The van der Waals surface area contributed by atoms with Crippen molar-refractivity contribution < 1.29 is 17.9 Å². The van der Waals surface area contributed by atoms with Gasteiger partial charge < -0.3 is 4.74 Å². The Kier molecular flexibility index (Phi) is 3.71. The Balaban J connectivity index is 2.16. The minimum Gasteiger partial charge on any atom is -0.486 e. The van der Waals surface area contributed by atoms with E-state index in [-0.39, 0.29) is 23.5 Å². The van der Waals surface area contributed by atoms with Crippen LogP contribution in [-0.4, -0.2) is 0 Å². The van der Waals surface area contributed by atoms with Gasteiger partial charge in [-0.1, -0.05) is 0 Å². The minimum absolute atomic E-state index is 0.128. The number of rotatable bonds is 3. The standard InChI is InChI=1S/C14H8F3NO/c15-11-2-4-14(13(17)6-11)19-8-10-5-9(7-18)1-3-12(10)16/h1-6H,8H2. The molecule has 96 valence electrons. The maximum Gasteiger partial charge on any atom is 0.167 e. The van der Waals surface area contributed by atoms with Gasteiger partial charge in [-0.05, 0) is 30.3 Å². The predicted molar refractivity (Wildman–Crippen MR) is 61.8 cm³/mol. The van der Waals surface area contributed by atoms with E-state index in [9.17, 15) is 13.2 Å². The highest BCUT2D eigenvalue weighted by molar-refractivity contribution is 5.34. The van der Waals surface area contributed by atoms with Gasteiger partial charge in [0.1, 0.15) is 18.2 Å². The van der Waals surface area contributed by atoms with Crippen LogP contribution < -0.4 is 4.74 Å². The van der Waals surface area contributed by atoms with E-state index in [1.54, 1.807) is 0 Å². The van der Waals surface area contributed by atoms with E-state index in [2.05, 4.69) is 0 Å². The maximum atomic E-state index is 13.4. The maximum absolute atomic E-state index is 13.4. The summed E-state index contributed by atoms with van der Waals surface area (Å²) in [5, 5.41) is 8.70. The largest absolute Gasteiger partial charge is 0.486 e. The third-order valence-corrected chi connectivity index (χ3v) is 2.45. The van der Waals surface area contributed by atoms with E-state index in [1.165, 1.54) is 12.1 Å². The normalized spacial score (nSPS) is 10.0. The molecule has 2 nitrogen and oxygen atoms in total. The molecule has 0 radical (unpaired) electrons. The number of hydrogen-bond donors (Lipinski definition) is 0. The van der Waals surface area contributed by atoms with Crippen molar-refractivity contribution in [1.82, 2.24) is 0 Å². The molecule has 0 aromatic heterocycles. The molecule has 2 rings (SSSR count). The van der Waals surface area contributed by atoms with Crippen molar-refractivity contribution in [2.24, 2.45) is 0 Å². The molecule has 2 aromatic rings. The third-order valence-electron chi connectivity index (χ3n) is 2.45. The summed E-state index contributed by atoms with van der Waals surface area (Å²) in [5.41, 5.74) is 0.405. The molecule has 2 aromatic carbocycles. The van der Waals surface area contributed by atoms with Crippen molar-refractivity contribution in [3.63, 3.8) is 0 Å². The Hall–Kier alpha value is -2.48. The zero-order valence-electron chi connectivity index (χ0n) is 9.66. The Morgan fingerprint density at radius 3 is 2.47 bits per heavy atom. The first kappa shape index (κ1) is 13.0. The fraction of sp³-hybridized carbons (Fsp3) is 0.0714. The molecule has 0 heterocycles. The Bertz CT molecular complexity index is 650. The molecule has 0 unspecified atom stereocenters. The molecular weight excluding hydrogens is 255 g/mol. The van der Waals surface area contributed by atoms with Crippen molar-refractivity contribution in [1.29, 1.82) is 5.26 Å². The quantitative estimate of drug-likeness (QED) is 0.848. The molecule has 0 amide bonds. The highest BCUT2D eigenvalue weighted by Gasteiger charge is 2.08. The zero-order chi connectivity index (χ0) is 13.8. The van der Waals surface area contributed by atoms with Crippen LogP contribution in [0.5, 0.6) is 5.75 Å². The molecule has 0 bridgehead atoms. The first-order valence-electron chi connectivity index (χ1n) is 5.36. The minimum atomic E-state index is -0.864. The highest BCUT2D eigenvalue weighted by atomic mass is 19.1. The van der Waals surface area contributed by atoms with Crippen molar-refractivity contribution in [3.05, 3.63) is 65.0 Å². The molecule has 0 saturated heterocycles. The molecule has 0 atom stereocenters. The van der Waals surface area contributed by atoms with Gasteiger partial charge in [0.15, 0.2) is 11.6 Å². The Morgan fingerprint density at radius 2 is 1.79 bits per heavy atom. The Labute approximate surface area is 107 Å². The number of nitriles is 1. The fourth-order valence-corrected chi connectivity index (χ4v) is 1.50. The SMILES string of the molecule is N#Cc1ccc(F)c(COc2ccc(F)cc2F)c1. The second-order valence-corrected chi connectivity index (χ2v) is 3.78. The molecule has 0 N–H and O–H groups in total. The van der Waals surface area contributed by atoms with Crippen molar-refractivity contribution in [3.8, 4) is 11.8 Å². The fourth-order valence-electron chi connectivity index (χ4n) is 1.50. The second kappa shape index (κ2) is 5.44. The van der Waals surface area contributed by atoms with Crippen LogP contribution in [0.4, 0.5) is 13.2 Å². The predicted octanol–water partition coefficient (Wildman–Crippen LogP) is 3.55. The monoisotopic (exact) mass is 263 g/mol. The number of hydrogen-bond acceptors (Lipinski definition) is 2. The summed E-state index contributed by atoms with van der Waals surface area (Å²) < 4.78 is 44.5. The van der Waals surface area contributed by atoms with Gasteiger partial charge in [-0.15, -0.1) is 0 Å². The lowest BCUT2D eigenvalue weighted by Gasteiger charge is -2.08. The van der Waals surface area contributed by atoms with Gasteiger partial charge in [-0.2, -0.15) is 5.26 Å². The molecule has 0 saturated carbocycles. The van der Waals surface area contributed by atoms with Crippen LogP contribution in [0.1, 0.15) is 11.1 Å². The van der Waals surface area contributed by atoms with E-state index in [0.717, 1.165) is 18.2 Å². The zero-order valence-corrected chi connectivity index (χ0v) is 9.66. The molecule has 0 aliphatic rings. The first-order valence-corrected chi connectivity index (χ1v) is 5.36. The van der Waals surface area contributed by atoms with Gasteiger partial charge in [0, 0.05) is 11.6 Å². The highest BCUT2D eigenvalue weighted by Crippen LogP contribution is 2.20. The van der Waals surface area contributed by atoms with Crippen LogP contribution in [0.15, 0.2) is 36.4 Å². The van der Waals surface area contributed by atoms with Gasteiger partial charge >= 0.3 is 0 Å². The summed E-state index contributed by atoms with van der Waals surface area (Å²) in [6, 6.07) is 8.49. The summed E-state index contributed by atoms with van der Waals surface area (Å²) in [6.45, 7) is -0.246. The summed E-state index contributed by atoms with van der Waals surface area (Å²) in [6.07, 6.45) is 0. The molecule has 0 aliphatic heterocycles. The van der Waals surface area contributed by atoms with Crippen LogP contribution >= 0.6 is 0 Å². The first-order chi connectivity index (χ1) is 9.10. The van der Waals surface area contributed by atoms with Crippen molar-refractivity contribution in [2.75, 3.05) is 0 Å². The lowest BCUT2D eigenvalue weighted by atomic mass is 10.1. The average molecular weight is 263 g/mol. The summed E-state index contributed by atoms with van der Waals surface area (Å²) in [7, 11) is 0. The molecule has 0 spiro atoms. The lowest BCUT2D eigenvalue weighted by molar-refractivity contribution is 0.284. The van der Waals surface area contributed by atoms with Crippen molar-refractivity contribution in [2.45, 2.75) is 6.61 Å². The van der Waals surface area contributed by atoms with Gasteiger partial charge in [-0.25, -0.2) is 13.2 Å². The third kappa shape index (κ3) is 3.05. The Morgan fingerprint density at radius 1 is 1.00 bits per heavy atom. The smallest absolute Gasteiger partial charge is 0.167 e. The summed E-state index contributed by atoms with van der Waals surface area (Å²) in [4.78, 5) is 0. The van der Waals surface area contributed by atoms with Gasteiger partial charge in [0.2, 0.25) is 0 Å². The molecule has 0 aliphatic carbocycles. The number of nitrogens with zero attached hydrogens (tertiary/aromatic N) is 1. The van der Waals surface area contributed by atoms with Crippen LogP contribution in [0.25, 0.3) is 0 Å². The van der Waals surface area contributed by atoms with Crippen LogP contribution in [-0.2, 0) is 6.61 Å². The van der Waals surface area contributed by atoms with Gasteiger partial charge in [0.05, 0.1) is 11.6 Å². The van der Waals surface area contributed by atoms with E-state index in [1.807, 2.05) is 6.07 Å². The second-order valence-electron chi connectivity index (χ2n) is 3.78. The average Bonchev–Trinajstić information content (AvgIpc) is 2.39.